The van der Waals surface area contributed by atoms with Crippen LogP contribution in [0.5, 0.6) is 0 Å². The van der Waals surface area contributed by atoms with Crippen molar-refractivity contribution in [3.05, 3.63) is 35.9 Å². The van der Waals surface area contributed by atoms with Crippen molar-refractivity contribution < 1.29 is 28.8 Å². The quantitative estimate of drug-likeness (QED) is 0.0866. The van der Waals surface area contributed by atoms with Gasteiger partial charge in [0.25, 0.3) is 0 Å². The monoisotopic (exact) mass is 471 g/mol. The minimum atomic E-state index is -0.201. The molecular weight excluding hydrogens is 430 g/mol. The molecule has 1 rings (SSSR count). The molecule has 0 saturated heterocycles. The molecule has 0 aliphatic rings. The van der Waals surface area contributed by atoms with Gasteiger partial charge in [0.1, 0.15) is 6.61 Å². The third-order valence-electron chi connectivity index (χ3n) is 4.26. The lowest BCUT2D eigenvalue weighted by molar-refractivity contribution is -0.126. The van der Waals surface area contributed by atoms with Gasteiger partial charge in [-0.05, 0) is 12.5 Å². The number of aliphatic hydroxyl groups excluding tert-OH is 1. The van der Waals surface area contributed by atoms with Crippen molar-refractivity contribution in [2.24, 2.45) is 0 Å². The number of hydrogen-bond acceptors (Lipinski definition) is 10. The number of carbonyl (C=O) groups excluding carboxylic acids is 1. The SMILES string of the molecule is CCOCNCN[C@H](Cc1ccccc1)NCNCNC(=O)COCCOCCOCCO. The van der Waals surface area contributed by atoms with Gasteiger partial charge in [0.05, 0.1) is 59.2 Å². The summed E-state index contributed by atoms with van der Waals surface area (Å²) in [4.78, 5) is 11.8. The number of hydrogen-bond donors (Lipinski definition) is 6. The van der Waals surface area contributed by atoms with Gasteiger partial charge >= 0.3 is 0 Å². The van der Waals surface area contributed by atoms with Crippen LogP contribution >= 0.6 is 0 Å². The zero-order chi connectivity index (χ0) is 23.8. The molecule has 0 aliphatic heterocycles. The molecule has 0 aromatic heterocycles. The molecule has 33 heavy (non-hydrogen) atoms. The lowest BCUT2D eigenvalue weighted by Crippen LogP contribution is -2.51. The largest absolute Gasteiger partial charge is 0.394 e. The first-order chi connectivity index (χ1) is 16.3. The highest BCUT2D eigenvalue weighted by molar-refractivity contribution is 5.77. The van der Waals surface area contributed by atoms with Crippen molar-refractivity contribution in [3.63, 3.8) is 0 Å². The Morgan fingerprint density at radius 3 is 2.24 bits per heavy atom. The smallest absolute Gasteiger partial charge is 0.246 e. The summed E-state index contributed by atoms with van der Waals surface area (Å²) in [5.74, 6) is -0.201. The van der Waals surface area contributed by atoms with Crippen LogP contribution in [-0.4, -0.2) is 96.8 Å². The Morgan fingerprint density at radius 1 is 0.879 bits per heavy atom. The molecule has 0 fully saturated rings. The molecule has 1 atom stereocenters. The van der Waals surface area contributed by atoms with Gasteiger partial charge in [-0.2, -0.15) is 0 Å². The molecule has 0 saturated carbocycles. The molecule has 1 amide bonds. The fraction of sp³-hybridized carbons (Fsp3) is 0.682. The Bertz CT molecular complexity index is 569. The fourth-order valence-corrected chi connectivity index (χ4v) is 2.63. The van der Waals surface area contributed by atoms with Gasteiger partial charge in [0, 0.05) is 26.4 Å². The maximum Gasteiger partial charge on any atom is 0.246 e. The predicted molar refractivity (Wildman–Crippen MR) is 125 cm³/mol. The highest BCUT2D eigenvalue weighted by Crippen LogP contribution is 2.01. The molecule has 6 N–H and O–H groups in total. The molecule has 0 radical (unpaired) electrons. The normalized spacial score (nSPS) is 12.1. The third-order valence-corrected chi connectivity index (χ3v) is 4.26. The van der Waals surface area contributed by atoms with Crippen molar-refractivity contribution >= 4 is 5.91 Å². The molecule has 0 heterocycles. The van der Waals surface area contributed by atoms with Crippen LogP contribution in [0.2, 0.25) is 0 Å². The van der Waals surface area contributed by atoms with Crippen molar-refractivity contribution in [3.8, 4) is 0 Å². The molecule has 1 aromatic carbocycles. The van der Waals surface area contributed by atoms with Gasteiger partial charge < -0.3 is 29.4 Å². The highest BCUT2D eigenvalue weighted by Gasteiger charge is 2.08. The number of carbonyl (C=O) groups is 1. The van der Waals surface area contributed by atoms with Crippen LogP contribution in [0.15, 0.2) is 30.3 Å². The lowest BCUT2D eigenvalue weighted by atomic mass is 10.1. The minimum absolute atomic E-state index is 0.000734. The summed E-state index contributed by atoms with van der Waals surface area (Å²) in [6.45, 7) is 6.42. The minimum Gasteiger partial charge on any atom is -0.394 e. The van der Waals surface area contributed by atoms with Crippen LogP contribution < -0.4 is 26.6 Å². The summed E-state index contributed by atoms with van der Waals surface area (Å²) >= 11 is 0. The van der Waals surface area contributed by atoms with Crippen LogP contribution in [0.25, 0.3) is 0 Å². The van der Waals surface area contributed by atoms with E-state index < -0.39 is 0 Å². The number of ether oxygens (including phenoxy) is 4. The topological polar surface area (TPSA) is 134 Å². The summed E-state index contributed by atoms with van der Waals surface area (Å²) in [6, 6.07) is 10.2. The van der Waals surface area contributed by atoms with E-state index in [0.717, 1.165) is 6.42 Å². The number of benzene rings is 1. The van der Waals surface area contributed by atoms with Crippen molar-refractivity contribution in [2.75, 3.05) is 79.6 Å². The average Bonchev–Trinajstić information content (AvgIpc) is 2.83. The first kappa shape index (κ1) is 29.4. The standard InChI is InChI=1S/C22H41N5O6/c1-2-30-19-24-18-26-21(14-20-6-4-3-5-7-20)25-16-23-17-27-22(29)15-33-13-12-32-11-10-31-9-8-28/h3-7,21,23-26,28H,2,8-19H2,1H3,(H,27,29)/t21-/m1/s1. The molecule has 0 aliphatic carbocycles. The van der Waals surface area contributed by atoms with Crippen LogP contribution in [-0.2, 0) is 30.2 Å². The zero-order valence-electron chi connectivity index (χ0n) is 19.6. The Hall–Kier alpha value is -1.67. The van der Waals surface area contributed by atoms with E-state index in [1.54, 1.807) is 0 Å². The second-order valence-corrected chi connectivity index (χ2v) is 6.92. The molecule has 11 heteroatoms. The van der Waals surface area contributed by atoms with Gasteiger partial charge in [0.15, 0.2) is 0 Å². The fourth-order valence-electron chi connectivity index (χ4n) is 2.63. The molecule has 190 valence electrons. The van der Waals surface area contributed by atoms with Crippen molar-refractivity contribution in [1.29, 1.82) is 0 Å². The van der Waals surface area contributed by atoms with E-state index in [-0.39, 0.29) is 25.3 Å². The van der Waals surface area contributed by atoms with Gasteiger partial charge in [-0.25, -0.2) is 0 Å². The molecule has 11 nitrogen and oxygen atoms in total. The Labute approximate surface area is 196 Å². The van der Waals surface area contributed by atoms with E-state index >= 15 is 0 Å². The Balaban J connectivity index is 2.08. The van der Waals surface area contributed by atoms with Crippen molar-refractivity contribution in [1.82, 2.24) is 26.6 Å². The summed E-state index contributed by atoms with van der Waals surface area (Å²) < 4.78 is 20.9. The number of amides is 1. The number of aliphatic hydroxyl groups is 1. The second-order valence-electron chi connectivity index (χ2n) is 6.92. The molecule has 0 unspecified atom stereocenters. The van der Waals surface area contributed by atoms with E-state index in [0.29, 0.717) is 66.4 Å². The van der Waals surface area contributed by atoms with Crippen LogP contribution in [0.4, 0.5) is 0 Å². The Kier molecular flexibility index (Phi) is 19.7. The zero-order valence-corrected chi connectivity index (χ0v) is 19.6. The number of rotatable bonds is 23. The van der Waals surface area contributed by atoms with Crippen LogP contribution in [0, 0.1) is 0 Å². The maximum atomic E-state index is 11.8. The highest BCUT2D eigenvalue weighted by atomic mass is 16.5. The molecule has 0 bridgehead atoms. The molecular formula is C22H41N5O6. The summed E-state index contributed by atoms with van der Waals surface area (Å²) in [6.07, 6.45) is 0.858. The van der Waals surface area contributed by atoms with Gasteiger partial charge in [-0.15, -0.1) is 0 Å². The van der Waals surface area contributed by atoms with E-state index in [2.05, 4.69) is 38.7 Å². The van der Waals surface area contributed by atoms with Crippen LogP contribution in [0.1, 0.15) is 12.5 Å². The van der Waals surface area contributed by atoms with E-state index in [4.69, 9.17) is 24.1 Å². The second kappa shape index (κ2) is 22.1. The van der Waals surface area contributed by atoms with Gasteiger partial charge in [0.2, 0.25) is 5.91 Å². The molecule has 0 spiro atoms. The van der Waals surface area contributed by atoms with Gasteiger partial charge in [-0.3, -0.25) is 26.1 Å². The maximum absolute atomic E-state index is 11.8. The summed E-state index contributed by atoms with van der Waals surface area (Å²) in [7, 11) is 0. The first-order valence-corrected chi connectivity index (χ1v) is 11.4. The van der Waals surface area contributed by atoms with E-state index in [1.165, 1.54) is 5.56 Å². The third kappa shape index (κ3) is 18.4. The van der Waals surface area contributed by atoms with E-state index in [9.17, 15) is 4.79 Å². The summed E-state index contributed by atoms with van der Waals surface area (Å²) in [5.41, 5.74) is 1.22. The molecule has 1 aromatic rings. The number of nitrogens with one attached hydrogen (secondary N) is 5. The summed E-state index contributed by atoms with van der Waals surface area (Å²) in [5, 5.41) is 24.4. The first-order valence-electron chi connectivity index (χ1n) is 11.4. The average molecular weight is 472 g/mol. The van der Waals surface area contributed by atoms with Crippen LogP contribution in [0.3, 0.4) is 0 Å². The predicted octanol–water partition coefficient (Wildman–Crippen LogP) is -1.06. The van der Waals surface area contributed by atoms with Crippen molar-refractivity contribution in [2.45, 2.75) is 19.5 Å². The van der Waals surface area contributed by atoms with Gasteiger partial charge in [-0.1, -0.05) is 30.3 Å². The Morgan fingerprint density at radius 2 is 1.55 bits per heavy atom. The van der Waals surface area contributed by atoms with E-state index in [1.807, 2.05) is 25.1 Å². The lowest BCUT2D eigenvalue weighted by Gasteiger charge is -2.21.